The Balaban J connectivity index is 1.77. The van der Waals surface area contributed by atoms with Crippen LogP contribution < -0.4 is 5.32 Å². The van der Waals surface area contributed by atoms with E-state index in [1.54, 1.807) is 0 Å². The number of carboxylic acids is 1. The van der Waals surface area contributed by atoms with E-state index in [9.17, 15) is 9.59 Å². The fourth-order valence-corrected chi connectivity index (χ4v) is 3.80. The third-order valence-corrected chi connectivity index (χ3v) is 5.07. The van der Waals surface area contributed by atoms with Crippen LogP contribution in [0.1, 0.15) is 33.9 Å². The van der Waals surface area contributed by atoms with Gasteiger partial charge in [0, 0.05) is 11.6 Å². The van der Waals surface area contributed by atoms with Gasteiger partial charge in [0.15, 0.2) is 0 Å². The number of benzene rings is 1. The maximum Gasteiger partial charge on any atom is 0.306 e. The fraction of sp³-hybridized carbons (Fsp3) is 0.353. The number of aromatic nitrogens is 1. The van der Waals surface area contributed by atoms with Crippen molar-refractivity contribution in [2.24, 2.45) is 5.92 Å². The number of carboxylic acid groups (broad SMARTS) is 1. The number of hydrogen-bond acceptors (Lipinski definition) is 4. The number of aliphatic carboxylic acids is 1. The van der Waals surface area contributed by atoms with Crippen LogP contribution in [0.5, 0.6) is 0 Å². The van der Waals surface area contributed by atoms with Crippen molar-refractivity contribution in [3.8, 4) is 11.3 Å². The highest BCUT2D eigenvalue weighted by atomic mass is 32.1. The summed E-state index contributed by atoms with van der Waals surface area (Å²) in [6.07, 6.45) is 1.83. The maximum absolute atomic E-state index is 12.6. The summed E-state index contributed by atoms with van der Waals surface area (Å²) in [5.41, 5.74) is 1.61. The van der Waals surface area contributed by atoms with Crippen molar-refractivity contribution in [1.82, 2.24) is 10.3 Å². The molecule has 3 rings (SSSR count). The van der Waals surface area contributed by atoms with Gasteiger partial charge in [-0.05, 0) is 26.2 Å². The van der Waals surface area contributed by atoms with E-state index in [0.717, 1.165) is 10.6 Å². The van der Waals surface area contributed by atoms with E-state index in [-0.39, 0.29) is 17.9 Å². The molecule has 0 spiro atoms. The van der Waals surface area contributed by atoms with Crippen LogP contribution in [-0.4, -0.2) is 28.0 Å². The van der Waals surface area contributed by atoms with Crippen LogP contribution in [0, 0.1) is 12.8 Å². The Morgan fingerprint density at radius 2 is 2.00 bits per heavy atom. The number of aryl methyl sites for hydroxylation is 1. The first-order valence-corrected chi connectivity index (χ1v) is 8.42. The van der Waals surface area contributed by atoms with E-state index < -0.39 is 5.97 Å². The summed E-state index contributed by atoms with van der Waals surface area (Å²) in [4.78, 5) is 28.7. The summed E-state index contributed by atoms with van der Waals surface area (Å²) in [7, 11) is 0. The van der Waals surface area contributed by atoms with E-state index >= 15 is 0 Å². The maximum atomic E-state index is 12.6. The van der Waals surface area contributed by atoms with Gasteiger partial charge in [0.1, 0.15) is 4.88 Å². The van der Waals surface area contributed by atoms with Crippen LogP contribution in [0.15, 0.2) is 30.3 Å². The molecule has 1 fully saturated rings. The molecule has 1 aliphatic rings. The van der Waals surface area contributed by atoms with Gasteiger partial charge in [-0.25, -0.2) is 4.98 Å². The summed E-state index contributed by atoms with van der Waals surface area (Å²) >= 11 is 1.37. The highest BCUT2D eigenvalue weighted by Gasteiger charge is 2.31. The molecule has 2 N–H and O–H groups in total. The Labute approximate surface area is 138 Å². The van der Waals surface area contributed by atoms with E-state index in [1.165, 1.54) is 11.3 Å². The zero-order valence-electron chi connectivity index (χ0n) is 12.8. The van der Waals surface area contributed by atoms with Gasteiger partial charge >= 0.3 is 5.97 Å². The molecule has 0 aliphatic heterocycles. The number of nitrogens with one attached hydrogen (secondary N) is 1. The van der Waals surface area contributed by atoms with Crippen LogP contribution >= 0.6 is 11.3 Å². The number of thiazole rings is 1. The first kappa shape index (κ1) is 15.7. The highest BCUT2D eigenvalue weighted by Crippen LogP contribution is 2.30. The first-order valence-electron chi connectivity index (χ1n) is 7.61. The predicted octanol–water partition coefficient (Wildman–Crippen LogP) is 3.10. The lowest BCUT2D eigenvalue weighted by Gasteiger charge is -2.12. The molecule has 120 valence electrons. The van der Waals surface area contributed by atoms with E-state index in [4.69, 9.17) is 5.11 Å². The number of carbonyl (C=O) groups excluding carboxylic acids is 1. The Kier molecular flexibility index (Phi) is 4.43. The molecule has 0 radical (unpaired) electrons. The number of amides is 1. The molecule has 1 saturated carbocycles. The quantitative estimate of drug-likeness (QED) is 0.903. The zero-order valence-corrected chi connectivity index (χ0v) is 13.6. The number of nitrogens with zero attached hydrogens (tertiary/aromatic N) is 1. The molecule has 0 bridgehead atoms. The van der Waals surface area contributed by atoms with Crippen LogP contribution in [0.3, 0.4) is 0 Å². The average Bonchev–Trinajstić information content (AvgIpc) is 3.15. The highest BCUT2D eigenvalue weighted by molar-refractivity contribution is 7.14. The molecule has 0 unspecified atom stereocenters. The van der Waals surface area contributed by atoms with Crippen molar-refractivity contribution >= 4 is 23.2 Å². The summed E-state index contributed by atoms with van der Waals surface area (Å²) in [5.74, 6) is -1.29. The Hall–Kier alpha value is -2.21. The molecule has 2 aromatic rings. The van der Waals surface area contributed by atoms with Gasteiger partial charge in [-0.1, -0.05) is 30.3 Å². The Morgan fingerprint density at radius 3 is 2.65 bits per heavy atom. The summed E-state index contributed by atoms with van der Waals surface area (Å²) < 4.78 is 0. The summed E-state index contributed by atoms with van der Waals surface area (Å²) in [5, 5.41) is 12.9. The van der Waals surface area contributed by atoms with Crippen molar-refractivity contribution < 1.29 is 14.7 Å². The summed E-state index contributed by atoms with van der Waals surface area (Å²) in [6, 6.07) is 9.55. The topological polar surface area (TPSA) is 79.3 Å². The van der Waals surface area contributed by atoms with Gasteiger partial charge in [0.05, 0.1) is 16.6 Å². The molecule has 1 amide bonds. The van der Waals surface area contributed by atoms with E-state index in [1.807, 2.05) is 37.3 Å². The van der Waals surface area contributed by atoms with Crippen molar-refractivity contribution in [1.29, 1.82) is 0 Å². The Bertz CT molecular complexity index is 727. The minimum Gasteiger partial charge on any atom is -0.481 e. The van der Waals surface area contributed by atoms with E-state index in [2.05, 4.69) is 10.3 Å². The minimum atomic E-state index is -0.777. The molecule has 6 heteroatoms. The Morgan fingerprint density at radius 1 is 1.26 bits per heavy atom. The molecule has 23 heavy (non-hydrogen) atoms. The lowest BCUT2D eigenvalue weighted by atomic mass is 10.1. The fourth-order valence-electron chi connectivity index (χ4n) is 2.96. The van der Waals surface area contributed by atoms with Crippen molar-refractivity contribution in [2.75, 3.05) is 0 Å². The van der Waals surface area contributed by atoms with Crippen LogP contribution in [0.25, 0.3) is 11.3 Å². The molecule has 5 nitrogen and oxygen atoms in total. The molecule has 0 saturated heterocycles. The second-order valence-corrected chi connectivity index (χ2v) is 7.00. The minimum absolute atomic E-state index is 0.0744. The lowest BCUT2D eigenvalue weighted by Crippen LogP contribution is -2.33. The first-order chi connectivity index (χ1) is 11.0. The summed E-state index contributed by atoms with van der Waals surface area (Å²) in [6.45, 7) is 1.88. The SMILES string of the molecule is Cc1nc(-c2ccccc2)c(C(=O)N[C@H]2CC[C@@H](C(=O)O)C2)s1. The van der Waals surface area contributed by atoms with Gasteiger partial charge in [0.2, 0.25) is 0 Å². The lowest BCUT2D eigenvalue weighted by molar-refractivity contribution is -0.141. The van der Waals surface area contributed by atoms with Crippen molar-refractivity contribution in [2.45, 2.75) is 32.2 Å². The molecule has 2 atom stereocenters. The molecular formula is C17H18N2O3S. The zero-order chi connectivity index (χ0) is 16.4. The smallest absolute Gasteiger partial charge is 0.306 e. The van der Waals surface area contributed by atoms with Crippen LogP contribution in [-0.2, 0) is 4.79 Å². The molecule has 1 aromatic heterocycles. The largest absolute Gasteiger partial charge is 0.481 e. The molecule has 1 heterocycles. The second-order valence-electron chi connectivity index (χ2n) is 5.80. The van der Waals surface area contributed by atoms with Crippen molar-refractivity contribution in [3.05, 3.63) is 40.2 Å². The van der Waals surface area contributed by atoms with Crippen LogP contribution in [0.4, 0.5) is 0 Å². The van der Waals surface area contributed by atoms with Gasteiger partial charge < -0.3 is 10.4 Å². The number of hydrogen-bond donors (Lipinski definition) is 2. The van der Waals surface area contributed by atoms with Gasteiger partial charge in [0.25, 0.3) is 5.91 Å². The van der Waals surface area contributed by atoms with Crippen molar-refractivity contribution in [3.63, 3.8) is 0 Å². The molecular weight excluding hydrogens is 312 g/mol. The van der Waals surface area contributed by atoms with Crippen LogP contribution in [0.2, 0.25) is 0 Å². The molecule has 1 aliphatic carbocycles. The number of carbonyl (C=O) groups is 2. The third-order valence-electron chi connectivity index (χ3n) is 4.10. The normalized spacial score (nSPS) is 20.4. The molecule has 1 aromatic carbocycles. The predicted molar refractivity (Wildman–Crippen MR) is 88.5 cm³/mol. The van der Waals surface area contributed by atoms with E-state index in [0.29, 0.717) is 29.8 Å². The monoisotopic (exact) mass is 330 g/mol. The van der Waals surface area contributed by atoms with Gasteiger partial charge in [-0.15, -0.1) is 11.3 Å². The van der Waals surface area contributed by atoms with Gasteiger partial charge in [-0.2, -0.15) is 0 Å². The number of rotatable bonds is 4. The second kappa shape index (κ2) is 6.50. The average molecular weight is 330 g/mol. The van der Waals surface area contributed by atoms with Gasteiger partial charge in [-0.3, -0.25) is 9.59 Å². The standard InChI is InChI=1S/C17H18N2O3S/c1-10-18-14(11-5-3-2-4-6-11)15(23-10)16(20)19-13-8-7-12(9-13)17(21)22/h2-6,12-13H,7-9H2,1H3,(H,19,20)(H,21,22)/t12-,13+/m1/s1. The third kappa shape index (κ3) is 3.42.